The third kappa shape index (κ3) is 7.18. The van der Waals surface area contributed by atoms with Gasteiger partial charge in [0.15, 0.2) is 5.96 Å². The van der Waals surface area contributed by atoms with E-state index in [4.69, 9.17) is 14.2 Å². The minimum atomic E-state index is 0. The van der Waals surface area contributed by atoms with Crippen LogP contribution in [0.5, 0.6) is 17.4 Å². The van der Waals surface area contributed by atoms with E-state index >= 15 is 0 Å². The van der Waals surface area contributed by atoms with E-state index in [9.17, 15) is 0 Å². The van der Waals surface area contributed by atoms with Gasteiger partial charge in [-0.05, 0) is 49.2 Å². The highest BCUT2D eigenvalue weighted by molar-refractivity contribution is 14.0. The van der Waals surface area contributed by atoms with Gasteiger partial charge in [0.2, 0.25) is 5.88 Å². The molecular weight excluding hydrogens is 533 g/mol. The van der Waals surface area contributed by atoms with Gasteiger partial charge in [-0.15, -0.1) is 24.0 Å². The molecule has 33 heavy (non-hydrogen) atoms. The average molecular weight is 567 g/mol. The summed E-state index contributed by atoms with van der Waals surface area (Å²) in [5.41, 5.74) is 1.09. The molecule has 2 aliphatic heterocycles. The van der Waals surface area contributed by atoms with Crippen molar-refractivity contribution in [2.24, 2.45) is 4.99 Å². The maximum atomic E-state index is 5.92. The highest BCUT2D eigenvalue weighted by Crippen LogP contribution is 2.23. The van der Waals surface area contributed by atoms with Crippen molar-refractivity contribution in [3.8, 4) is 17.4 Å². The van der Waals surface area contributed by atoms with E-state index in [1.54, 1.807) is 6.20 Å². The lowest BCUT2D eigenvalue weighted by Gasteiger charge is -2.32. The van der Waals surface area contributed by atoms with E-state index in [2.05, 4.69) is 25.1 Å². The number of morpholine rings is 1. The Hall–Kier alpha value is -2.11. The van der Waals surface area contributed by atoms with Gasteiger partial charge in [-0.25, -0.2) is 4.98 Å². The van der Waals surface area contributed by atoms with E-state index in [0.717, 1.165) is 68.8 Å². The summed E-state index contributed by atoms with van der Waals surface area (Å²) >= 11 is 0. The first-order valence-corrected chi connectivity index (χ1v) is 11.4. The molecule has 0 amide bonds. The largest absolute Gasteiger partial charge is 0.494 e. The zero-order chi connectivity index (χ0) is 22.2. The number of nitrogens with zero attached hydrogens (tertiary/aromatic N) is 4. The van der Waals surface area contributed by atoms with Gasteiger partial charge in [-0.3, -0.25) is 9.89 Å². The smallest absolute Gasteiger partial charge is 0.219 e. The van der Waals surface area contributed by atoms with Crippen molar-refractivity contribution in [1.82, 2.24) is 20.1 Å². The summed E-state index contributed by atoms with van der Waals surface area (Å²) in [7, 11) is 1.84. The molecule has 8 nitrogen and oxygen atoms in total. The van der Waals surface area contributed by atoms with E-state index in [-0.39, 0.29) is 24.0 Å². The number of guanidine groups is 1. The van der Waals surface area contributed by atoms with Crippen LogP contribution >= 0.6 is 24.0 Å². The number of hydrogen-bond donors (Lipinski definition) is 1. The first-order chi connectivity index (χ1) is 15.7. The molecule has 1 atom stereocenters. The standard InChI is InChI=1S/C24H33N5O3.HI/c1-3-31-21-4-6-22(7-5-21)32-23-16-19(8-10-26-23)17-27-24(25-2)29-11-9-20(18-29)28-12-14-30-15-13-28;/h4-8,10,16,20H,3,9,11-15,17-18H2,1-2H3,(H,25,27);1H. The number of aliphatic imine (C=N–C) groups is 1. The number of likely N-dealkylation sites (tertiary alicyclic amines) is 1. The third-order valence-corrected chi connectivity index (χ3v) is 5.84. The topological polar surface area (TPSA) is 71.5 Å². The van der Waals surface area contributed by atoms with Crippen molar-refractivity contribution < 1.29 is 14.2 Å². The Kier molecular flexibility index (Phi) is 10.0. The second-order valence-corrected chi connectivity index (χ2v) is 7.95. The molecule has 0 radical (unpaired) electrons. The molecule has 180 valence electrons. The van der Waals surface area contributed by atoms with Gasteiger partial charge in [0.25, 0.3) is 0 Å². The number of halogens is 1. The fourth-order valence-electron chi connectivity index (χ4n) is 4.20. The molecule has 2 aromatic rings. The van der Waals surface area contributed by atoms with E-state index < -0.39 is 0 Å². The molecule has 1 N–H and O–H groups in total. The molecule has 2 aliphatic rings. The molecule has 1 unspecified atom stereocenters. The van der Waals surface area contributed by atoms with Crippen LogP contribution in [0.3, 0.4) is 0 Å². The van der Waals surface area contributed by atoms with Crippen molar-refractivity contribution in [2.45, 2.75) is 25.9 Å². The zero-order valence-corrected chi connectivity index (χ0v) is 21.7. The summed E-state index contributed by atoms with van der Waals surface area (Å²) in [5, 5.41) is 3.50. The Morgan fingerprint density at radius 3 is 2.64 bits per heavy atom. The zero-order valence-electron chi connectivity index (χ0n) is 19.4. The molecular formula is C24H34IN5O3. The molecule has 2 saturated heterocycles. The lowest BCUT2D eigenvalue weighted by molar-refractivity contribution is 0.0195. The Morgan fingerprint density at radius 1 is 1.15 bits per heavy atom. The van der Waals surface area contributed by atoms with Crippen molar-refractivity contribution in [1.29, 1.82) is 0 Å². The van der Waals surface area contributed by atoms with Crippen molar-refractivity contribution in [3.05, 3.63) is 48.2 Å². The quantitative estimate of drug-likeness (QED) is 0.313. The van der Waals surface area contributed by atoms with Gasteiger partial charge in [0, 0.05) is 58.1 Å². The molecule has 0 saturated carbocycles. The number of hydrogen-bond acceptors (Lipinski definition) is 6. The first-order valence-electron chi connectivity index (χ1n) is 11.4. The van der Waals surface area contributed by atoms with Gasteiger partial charge in [-0.1, -0.05) is 0 Å². The maximum Gasteiger partial charge on any atom is 0.219 e. The Labute approximate surface area is 213 Å². The fraction of sp³-hybridized carbons (Fsp3) is 0.500. The van der Waals surface area contributed by atoms with Crippen LogP contribution in [0.25, 0.3) is 0 Å². The van der Waals surface area contributed by atoms with Crippen LogP contribution < -0.4 is 14.8 Å². The Morgan fingerprint density at radius 2 is 1.91 bits per heavy atom. The van der Waals surface area contributed by atoms with Gasteiger partial charge in [-0.2, -0.15) is 0 Å². The summed E-state index contributed by atoms with van der Waals surface area (Å²) < 4.78 is 16.9. The summed E-state index contributed by atoms with van der Waals surface area (Å²) in [6, 6.07) is 12.1. The minimum absolute atomic E-state index is 0. The first kappa shape index (κ1) is 25.5. The van der Waals surface area contributed by atoms with E-state index in [1.165, 1.54) is 0 Å². The van der Waals surface area contributed by atoms with Crippen molar-refractivity contribution in [2.75, 3.05) is 53.0 Å². The van der Waals surface area contributed by atoms with Gasteiger partial charge in [0.05, 0.1) is 19.8 Å². The normalized spacial score (nSPS) is 19.2. The molecule has 2 fully saturated rings. The molecule has 1 aromatic heterocycles. The number of benzene rings is 1. The third-order valence-electron chi connectivity index (χ3n) is 5.84. The van der Waals surface area contributed by atoms with E-state index in [1.807, 2.05) is 50.4 Å². The predicted octanol–water partition coefficient (Wildman–Crippen LogP) is 3.37. The maximum absolute atomic E-state index is 5.92. The highest BCUT2D eigenvalue weighted by Gasteiger charge is 2.30. The predicted molar refractivity (Wildman–Crippen MR) is 140 cm³/mol. The van der Waals surface area contributed by atoms with Crippen LogP contribution in [0.15, 0.2) is 47.6 Å². The van der Waals surface area contributed by atoms with Gasteiger partial charge < -0.3 is 24.4 Å². The summed E-state index contributed by atoms with van der Waals surface area (Å²) in [4.78, 5) is 13.7. The molecule has 3 heterocycles. The highest BCUT2D eigenvalue weighted by atomic mass is 127. The van der Waals surface area contributed by atoms with Gasteiger partial charge >= 0.3 is 0 Å². The Balaban J connectivity index is 0.00000306. The molecule has 1 aromatic carbocycles. The van der Waals surface area contributed by atoms with Crippen LogP contribution in [0, 0.1) is 0 Å². The van der Waals surface area contributed by atoms with Crippen LogP contribution in [0.1, 0.15) is 18.9 Å². The van der Waals surface area contributed by atoms with E-state index in [0.29, 0.717) is 25.1 Å². The second-order valence-electron chi connectivity index (χ2n) is 7.95. The van der Waals surface area contributed by atoms with Crippen LogP contribution in [-0.2, 0) is 11.3 Å². The molecule has 9 heteroatoms. The minimum Gasteiger partial charge on any atom is -0.494 e. The van der Waals surface area contributed by atoms with Gasteiger partial charge in [0.1, 0.15) is 11.5 Å². The van der Waals surface area contributed by atoms with Crippen molar-refractivity contribution >= 4 is 29.9 Å². The SMILES string of the molecule is CCOc1ccc(Oc2cc(CNC(=NC)N3CCC(N4CCOCC4)C3)ccn2)cc1.I. The van der Waals surface area contributed by atoms with Crippen LogP contribution in [-0.4, -0.2) is 79.8 Å². The van der Waals surface area contributed by atoms with Crippen LogP contribution in [0.4, 0.5) is 0 Å². The number of ether oxygens (including phenoxy) is 3. The molecule has 4 rings (SSSR count). The number of rotatable bonds is 7. The van der Waals surface area contributed by atoms with Crippen LogP contribution in [0.2, 0.25) is 0 Å². The number of aromatic nitrogens is 1. The lowest BCUT2D eigenvalue weighted by Crippen LogP contribution is -2.46. The molecule has 0 bridgehead atoms. The lowest BCUT2D eigenvalue weighted by atomic mass is 10.2. The monoisotopic (exact) mass is 567 g/mol. The summed E-state index contributed by atoms with van der Waals surface area (Å²) in [6.45, 7) is 9.02. The summed E-state index contributed by atoms with van der Waals surface area (Å²) in [6.07, 6.45) is 2.93. The second kappa shape index (κ2) is 13.0. The van der Waals surface area contributed by atoms with Crippen molar-refractivity contribution in [3.63, 3.8) is 0 Å². The number of pyridine rings is 1. The molecule has 0 spiro atoms. The average Bonchev–Trinajstić information content (AvgIpc) is 3.32. The Bertz CT molecular complexity index is 890. The fourth-order valence-corrected chi connectivity index (χ4v) is 4.20. The molecule has 0 aliphatic carbocycles. The summed E-state index contributed by atoms with van der Waals surface area (Å²) in [5.74, 6) is 3.06. The number of nitrogens with one attached hydrogen (secondary N) is 1.